The second-order valence-electron chi connectivity index (χ2n) is 3.62. The van der Waals surface area contributed by atoms with Crippen molar-refractivity contribution < 1.29 is 14.7 Å². The molecular weight excluding hydrogens is 242 g/mol. The number of benzene rings is 1. The van der Waals surface area contributed by atoms with E-state index in [2.05, 4.69) is 0 Å². The second-order valence-corrected chi connectivity index (χ2v) is 3.62. The first kappa shape index (κ1) is 14.7. The van der Waals surface area contributed by atoms with Crippen LogP contribution in [0.3, 0.4) is 0 Å². The smallest absolute Gasteiger partial charge is 0.352 e. The highest BCUT2D eigenvalue weighted by molar-refractivity contribution is 5.96. The zero-order valence-corrected chi connectivity index (χ0v) is 11.0. The van der Waals surface area contributed by atoms with Crippen molar-refractivity contribution in [3.8, 4) is 0 Å². The molecule has 2 aromatic rings. The lowest BCUT2D eigenvalue weighted by Crippen LogP contribution is -2.14. The fraction of sp³-hybridized carbons (Fsp3) is 0.200. The first-order chi connectivity index (χ1) is 9.18. The van der Waals surface area contributed by atoms with E-state index in [4.69, 9.17) is 5.11 Å². The highest BCUT2D eigenvalue weighted by Gasteiger charge is 2.12. The fourth-order valence-corrected chi connectivity index (χ4v) is 1.62. The van der Waals surface area contributed by atoms with Gasteiger partial charge in [-0.2, -0.15) is 0 Å². The number of carboxylic acids is 1. The maximum Gasteiger partial charge on any atom is 0.352 e. The Balaban J connectivity index is 0.000000861. The van der Waals surface area contributed by atoms with Crippen LogP contribution in [0.1, 0.15) is 34.7 Å². The summed E-state index contributed by atoms with van der Waals surface area (Å²) in [5, 5.41) is 8.91. The van der Waals surface area contributed by atoms with Crippen molar-refractivity contribution >= 4 is 11.8 Å². The first-order valence-corrected chi connectivity index (χ1v) is 6.15. The molecule has 0 fully saturated rings. The predicted octanol–water partition coefficient (Wildman–Crippen LogP) is 3.10. The van der Waals surface area contributed by atoms with Crippen LogP contribution in [0.25, 0.3) is 0 Å². The van der Waals surface area contributed by atoms with Crippen molar-refractivity contribution in [2.24, 2.45) is 0 Å². The predicted molar refractivity (Wildman–Crippen MR) is 73.5 cm³/mol. The molecule has 0 amide bonds. The van der Waals surface area contributed by atoms with Gasteiger partial charge in [0.25, 0.3) is 0 Å². The molecular formula is C15H17NO3. The van der Waals surface area contributed by atoms with Gasteiger partial charge in [-0.05, 0) is 12.1 Å². The maximum atomic E-state index is 11.9. The number of carboxylic acid groups (broad SMARTS) is 1. The number of nitrogens with zero attached hydrogens (tertiary/aromatic N) is 1. The lowest BCUT2D eigenvalue weighted by atomic mass is 10.1. The molecule has 4 heteroatoms. The molecule has 4 nitrogen and oxygen atoms in total. The number of hydrogen-bond acceptors (Lipinski definition) is 2. The summed E-state index contributed by atoms with van der Waals surface area (Å²) >= 11 is 0. The third-order valence-electron chi connectivity index (χ3n) is 2.46. The van der Waals surface area contributed by atoms with Gasteiger partial charge < -0.3 is 9.67 Å². The molecule has 0 saturated heterocycles. The lowest BCUT2D eigenvalue weighted by molar-refractivity contribution is 0.0685. The summed E-state index contributed by atoms with van der Waals surface area (Å²) in [4.78, 5) is 22.7. The van der Waals surface area contributed by atoms with Crippen molar-refractivity contribution in [1.29, 1.82) is 0 Å². The molecule has 0 aliphatic heterocycles. The van der Waals surface area contributed by atoms with Crippen molar-refractivity contribution in [3.05, 3.63) is 59.9 Å². The normalized spacial score (nSPS) is 9.37. The SMILES string of the molecule is CC.O=C(Cn1cccc1C(=O)O)c1ccccc1. The minimum Gasteiger partial charge on any atom is -0.477 e. The molecule has 0 aliphatic rings. The molecule has 2 rings (SSSR count). The topological polar surface area (TPSA) is 59.3 Å². The Kier molecular flexibility index (Phi) is 5.54. The summed E-state index contributed by atoms with van der Waals surface area (Å²) in [5.74, 6) is -1.14. The molecule has 0 saturated carbocycles. The average molecular weight is 259 g/mol. The number of rotatable bonds is 4. The lowest BCUT2D eigenvalue weighted by Gasteiger charge is -2.05. The zero-order chi connectivity index (χ0) is 14.3. The molecule has 1 heterocycles. The summed E-state index contributed by atoms with van der Waals surface area (Å²) in [6.07, 6.45) is 1.59. The van der Waals surface area contributed by atoms with Crippen molar-refractivity contribution in [3.63, 3.8) is 0 Å². The summed E-state index contributed by atoms with van der Waals surface area (Å²) < 4.78 is 1.43. The minimum absolute atomic E-state index is 0.0403. The van der Waals surface area contributed by atoms with Gasteiger partial charge in [0.1, 0.15) is 5.69 Å². The number of ketones is 1. The van der Waals surface area contributed by atoms with Crippen LogP contribution in [0.15, 0.2) is 48.7 Å². The van der Waals surface area contributed by atoms with E-state index in [1.54, 1.807) is 36.5 Å². The van der Waals surface area contributed by atoms with Gasteiger partial charge in [-0.1, -0.05) is 44.2 Å². The van der Waals surface area contributed by atoms with Crippen LogP contribution in [0.4, 0.5) is 0 Å². The Bertz CT molecular complexity index is 544. The minimum atomic E-state index is -1.03. The summed E-state index contributed by atoms with van der Waals surface area (Å²) in [6, 6.07) is 11.9. The van der Waals surface area contributed by atoms with Crippen molar-refractivity contribution in [2.75, 3.05) is 0 Å². The van der Waals surface area contributed by atoms with Crippen LogP contribution >= 0.6 is 0 Å². The van der Waals surface area contributed by atoms with Gasteiger partial charge in [0.2, 0.25) is 0 Å². The van der Waals surface area contributed by atoms with Gasteiger partial charge in [0.15, 0.2) is 5.78 Å². The van der Waals surface area contributed by atoms with E-state index in [1.807, 2.05) is 19.9 Å². The molecule has 19 heavy (non-hydrogen) atoms. The van der Waals surface area contributed by atoms with E-state index in [9.17, 15) is 9.59 Å². The molecule has 0 radical (unpaired) electrons. The van der Waals surface area contributed by atoms with E-state index in [0.29, 0.717) is 5.56 Å². The molecule has 0 bridgehead atoms. The molecule has 0 atom stereocenters. The van der Waals surface area contributed by atoms with Crippen LogP contribution in [-0.2, 0) is 6.54 Å². The number of aromatic nitrogens is 1. The van der Waals surface area contributed by atoms with Gasteiger partial charge in [-0.3, -0.25) is 4.79 Å². The molecule has 1 N–H and O–H groups in total. The molecule has 0 unspecified atom stereocenters. The Morgan fingerprint density at radius 1 is 1.05 bits per heavy atom. The highest BCUT2D eigenvalue weighted by atomic mass is 16.4. The Hall–Kier alpha value is -2.36. The van der Waals surface area contributed by atoms with E-state index in [-0.39, 0.29) is 18.0 Å². The van der Waals surface area contributed by atoms with Gasteiger partial charge in [-0.15, -0.1) is 0 Å². The van der Waals surface area contributed by atoms with Gasteiger partial charge in [0.05, 0.1) is 6.54 Å². The number of Topliss-reactive ketones (excluding diaryl/α,β-unsaturated/α-hetero) is 1. The van der Waals surface area contributed by atoms with Crippen molar-refractivity contribution in [1.82, 2.24) is 4.57 Å². The molecule has 0 aliphatic carbocycles. The quantitative estimate of drug-likeness (QED) is 0.858. The van der Waals surface area contributed by atoms with Crippen LogP contribution in [0, 0.1) is 0 Å². The maximum absolute atomic E-state index is 11.9. The van der Waals surface area contributed by atoms with E-state index in [1.165, 1.54) is 10.6 Å². The van der Waals surface area contributed by atoms with E-state index < -0.39 is 5.97 Å². The average Bonchev–Trinajstić information content (AvgIpc) is 2.90. The standard InChI is InChI=1S/C13H11NO3.C2H6/c15-12(10-5-2-1-3-6-10)9-14-8-4-7-11(14)13(16)17;1-2/h1-8H,9H2,(H,16,17);1-2H3. The monoisotopic (exact) mass is 259 g/mol. The largest absolute Gasteiger partial charge is 0.477 e. The highest BCUT2D eigenvalue weighted by Crippen LogP contribution is 2.06. The van der Waals surface area contributed by atoms with Crippen molar-refractivity contribution in [2.45, 2.75) is 20.4 Å². The van der Waals surface area contributed by atoms with Gasteiger partial charge in [0, 0.05) is 11.8 Å². The number of aromatic carboxylic acids is 1. The second kappa shape index (κ2) is 7.16. The van der Waals surface area contributed by atoms with Gasteiger partial charge in [-0.25, -0.2) is 4.79 Å². The molecule has 100 valence electrons. The van der Waals surface area contributed by atoms with E-state index >= 15 is 0 Å². The first-order valence-electron chi connectivity index (χ1n) is 6.15. The third kappa shape index (κ3) is 3.81. The third-order valence-corrected chi connectivity index (χ3v) is 2.46. The number of hydrogen-bond donors (Lipinski definition) is 1. The fourth-order valence-electron chi connectivity index (χ4n) is 1.62. The number of carbonyl (C=O) groups is 2. The molecule has 1 aromatic heterocycles. The van der Waals surface area contributed by atoms with Crippen LogP contribution in [-0.4, -0.2) is 21.4 Å². The summed E-state index contributed by atoms with van der Waals surface area (Å²) in [5.41, 5.74) is 0.701. The summed E-state index contributed by atoms with van der Waals surface area (Å²) in [7, 11) is 0. The zero-order valence-electron chi connectivity index (χ0n) is 11.0. The molecule has 1 aromatic carbocycles. The Labute approximate surface area is 112 Å². The van der Waals surface area contributed by atoms with Crippen LogP contribution in [0.2, 0.25) is 0 Å². The number of carbonyl (C=O) groups excluding carboxylic acids is 1. The van der Waals surface area contributed by atoms with Crippen LogP contribution < -0.4 is 0 Å². The van der Waals surface area contributed by atoms with E-state index in [0.717, 1.165) is 0 Å². The Morgan fingerprint density at radius 3 is 2.26 bits per heavy atom. The van der Waals surface area contributed by atoms with Crippen LogP contribution in [0.5, 0.6) is 0 Å². The van der Waals surface area contributed by atoms with Gasteiger partial charge >= 0.3 is 5.97 Å². The summed E-state index contributed by atoms with van der Waals surface area (Å²) in [6.45, 7) is 4.04. The Morgan fingerprint density at radius 2 is 1.68 bits per heavy atom. The molecule has 0 spiro atoms.